The van der Waals surface area contributed by atoms with Crippen molar-refractivity contribution in [2.45, 2.75) is 79.3 Å². The molecule has 1 aliphatic rings. The highest BCUT2D eigenvalue weighted by atomic mass is 15.2. The van der Waals surface area contributed by atoms with E-state index in [-0.39, 0.29) is 5.41 Å². The van der Waals surface area contributed by atoms with Gasteiger partial charge in [-0.05, 0) is 63.1 Å². The molecule has 0 aromatic heterocycles. The Kier molecular flexibility index (Phi) is 8.18. The third-order valence-corrected chi connectivity index (χ3v) is 6.62. The Labute approximate surface area is 168 Å². The van der Waals surface area contributed by atoms with E-state index in [2.05, 4.69) is 81.4 Å². The zero-order valence-electron chi connectivity index (χ0n) is 19.0. The lowest BCUT2D eigenvalue weighted by molar-refractivity contribution is 0.275. The average Bonchev–Trinajstić information content (AvgIpc) is 2.84. The third-order valence-electron chi connectivity index (χ3n) is 6.62. The quantitative estimate of drug-likeness (QED) is 0.532. The van der Waals surface area contributed by atoms with E-state index in [1.54, 1.807) is 0 Å². The average molecular weight is 374 g/mol. The SMILES string of the molecule is CCCN(CCC)CCN1c2cc(CN(CC)CC)ccc2C(C)(C)[C@H]1C. The molecule has 0 N–H and O–H groups in total. The van der Waals surface area contributed by atoms with Gasteiger partial charge in [0.25, 0.3) is 0 Å². The maximum atomic E-state index is 2.68. The van der Waals surface area contributed by atoms with E-state index in [0.717, 1.165) is 26.2 Å². The molecule has 154 valence electrons. The smallest absolute Gasteiger partial charge is 0.0411 e. The Hall–Kier alpha value is -1.06. The lowest BCUT2D eigenvalue weighted by Crippen LogP contribution is -2.43. The van der Waals surface area contributed by atoms with Crippen LogP contribution in [-0.2, 0) is 12.0 Å². The fraction of sp³-hybridized carbons (Fsp3) is 0.750. The summed E-state index contributed by atoms with van der Waals surface area (Å²) < 4.78 is 0. The van der Waals surface area contributed by atoms with Gasteiger partial charge in [0, 0.05) is 36.8 Å². The van der Waals surface area contributed by atoms with Crippen molar-refractivity contribution >= 4 is 5.69 Å². The van der Waals surface area contributed by atoms with Crippen LogP contribution in [0.25, 0.3) is 0 Å². The summed E-state index contributed by atoms with van der Waals surface area (Å²) in [5.74, 6) is 0. The van der Waals surface area contributed by atoms with Crippen LogP contribution in [0.4, 0.5) is 5.69 Å². The molecular formula is C24H43N3. The van der Waals surface area contributed by atoms with Crippen molar-refractivity contribution in [2.75, 3.05) is 44.2 Å². The highest BCUT2D eigenvalue weighted by Gasteiger charge is 2.41. The molecule has 0 saturated heterocycles. The highest BCUT2D eigenvalue weighted by Crippen LogP contribution is 2.45. The van der Waals surface area contributed by atoms with E-state index < -0.39 is 0 Å². The number of fused-ring (bicyclic) bond motifs is 1. The fourth-order valence-electron chi connectivity index (χ4n) is 4.52. The van der Waals surface area contributed by atoms with Crippen LogP contribution in [0.1, 0.15) is 72.4 Å². The van der Waals surface area contributed by atoms with E-state index in [4.69, 9.17) is 0 Å². The molecule has 1 atom stereocenters. The molecular weight excluding hydrogens is 330 g/mol. The van der Waals surface area contributed by atoms with Gasteiger partial charge in [0.2, 0.25) is 0 Å². The second kappa shape index (κ2) is 9.93. The summed E-state index contributed by atoms with van der Waals surface area (Å²) in [6.45, 7) is 24.3. The van der Waals surface area contributed by atoms with E-state index in [1.807, 2.05) is 0 Å². The Morgan fingerprint density at radius 1 is 0.926 bits per heavy atom. The molecule has 1 heterocycles. The Morgan fingerprint density at radius 3 is 2.11 bits per heavy atom. The normalized spacial score (nSPS) is 18.6. The number of anilines is 1. The van der Waals surface area contributed by atoms with Crippen molar-refractivity contribution in [1.29, 1.82) is 0 Å². The van der Waals surface area contributed by atoms with Gasteiger partial charge in [-0.1, -0.05) is 53.7 Å². The molecule has 3 nitrogen and oxygen atoms in total. The summed E-state index contributed by atoms with van der Waals surface area (Å²) in [6, 6.07) is 7.78. The van der Waals surface area contributed by atoms with Crippen molar-refractivity contribution in [3.8, 4) is 0 Å². The van der Waals surface area contributed by atoms with Crippen LogP contribution in [-0.4, -0.2) is 55.1 Å². The minimum Gasteiger partial charge on any atom is -0.366 e. The third kappa shape index (κ3) is 5.06. The van der Waals surface area contributed by atoms with Crippen LogP contribution in [0.3, 0.4) is 0 Å². The van der Waals surface area contributed by atoms with E-state index >= 15 is 0 Å². The van der Waals surface area contributed by atoms with Gasteiger partial charge < -0.3 is 9.80 Å². The van der Waals surface area contributed by atoms with Crippen LogP contribution in [0, 0.1) is 0 Å². The molecule has 0 unspecified atom stereocenters. The van der Waals surface area contributed by atoms with Crippen molar-refractivity contribution in [2.24, 2.45) is 0 Å². The lowest BCUT2D eigenvalue weighted by atomic mass is 9.81. The van der Waals surface area contributed by atoms with Crippen LogP contribution in [0.15, 0.2) is 18.2 Å². The van der Waals surface area contributed by atoms with Crippen molar-refractivity contribution in [1.82, 2.24) is 9.80 Å². The number of hydrogen-bond acceptors (Lipinski definition) is 3. The Morgan fingerprint density at radius 2 is 1.56 bits per heavy atom. The van der Waals surface area contributed by atoms with Crippen LogP contribution in [0.2, 0.25) is 0 Å². The number of hydrogen-bond donors (Lipinski definition) is 0. The summed E-state index contributed by atoms with van der Waals surface area (Å²) in [5, 5.41) is 0. The largest absolute Gasteiger partial charge is 0.366 e. The van der Waals surface area contributed by atoms with Crippen LogP contribution >= 0.6 is 0 Å². The van der Waals surface area contributed by atoms with Crippen LogP contribution < -0.4 is 4.90 Å². The Bertz CT molecular complexity index is 571. The zero-order valence-corrected chi connectivity index (χ0v) is 19.0. The van der Waals surface area contributed by atoms with Gasteiger partial charge in [-0.15, -0.1) is 0 Å². The standard InChI is InChI=1S/C24H43N3/c1-8-14-26(15-9-2)16-17-27-20(5)24(6,7)22-13-12-21(18-23(22)27)19-25(10-3)11-4/h12-13,18,20H,8-11,14-17,19H2,1-7H3/t20-/m1/s1. The molecule has 1 aliphatic heterocycles. The monoisotopic (exact) mass is 373 g/mol. The number of rotatable bonds is 11. The molecule has 0 saturated carbocycles. The molecule has 0 amide bonds. The van der Waals surface area contributed by atoms with Crippen molar-refractivity contribution in [3.63, 3.8) is 0 Å². The molecule has 3 heteroatoms. The predicted octanol–water partition coefficient (Wildman–Crippen LogP) is 5.14. The predicted molar refractivity (Wildman–Crippen MR) is 120 cm³/mol. The number of benzene rings is 1. The molecule has 0 fully saturated rings. The second-order valence-electron chi connectivity index (χ2n) is 8.75. The zero-order chi connectivity index (χ0) is 20.0. The summed E-state index contributed by atoms with van der Waals surface area (Å²) in [4.78, 5) is 7.82. The first-order valence-electron chi connectivity index (χ1n) is 11.2. The first-order valence-corrected chi connectivity index (χ1v) is 11.2. The van der Waals surface area contributed by atoms with Gasteiger partial charge in [0.15, 0.2) is 0 Å². The molecule has 1 aromatic rings. The minimum absolute atomic E-state index is 0.212. The van der Waals surface area contributed by atoms with Gasteiger partial charge in [-0.25, -0.2) is 0 Å². The van der Waals surface area contributed by atoms with Crippen LogP contribution in [0.5, 0.6) is 0 Å². The Balaban J connectivity index is 2.22. The molecule has 0 radical (unpaired) electrons. The first kappa shape index (κ1) is 22.2. The number of nitrogens with zero attached hydrogens (tertiary/aromatic N) is 3. The topological polar surface area (TPSA) is 9.72 Å². The summed E-state index contributed by atoms with van der Waals surface area (Å²) in [5.41, 5.74) is 4.66. The van der Waals surface area contributed by atoms with Crippen molar-refractivity contribution in [3.05, 3.63) is 29.3 Å². The maximum absolute atomic E-state index is 2.68. The maximum Gasteiger partial charge on any atom is 0.0411 e. The van der Waals surface area contributed by atoms with Gasteiger partial charge in [-0.2, -0.15) is 0 Å². The van der Waals surface area contributed by atoms with Gasteiger partial charge in [0.05, 0.1) is 0 Å². The van der Waals surface area contributed by atoms with E-state index in [1.165, 1.54) is 49.3 Å². The summed E-state index contributed by atoms with van der Waals surface area (Å²) in [7, 11) is 0. The molecule has 0 aliphatic carbocycles. The van der Waals surface area contributed by atoms with E-state index in [9.17, 15) is 0 Å². The molecule has 0 bridgehead atoms. The summed E-state index contributed by atoms with van der Waals surface area (Å²) in [6.07, 6.45) is 2.48. The minimum atomic E-state index is 0.212. The molecule has 1 aromatic carbocycles. The van der Waals surface area contributed by atoms with Gasteiger partial charge >= 0.3 is 0 Å². The highest BCUT2D eigenvalue weighted by molar-refractivity contribution is 5.65. The molecule has 2 rings (SSSR count). The first-order chi connectivity index (χ1) is 12.9. The lowest BCUT2D eigenvalue weighted by Gasteiger charge is -2.33. The van der Waals surface area contributed by atoms with Gasteiger partial charge in [-0.3, -0.25) is 4.90 Å². The van der Waals surface area contributed by atoms with E-state index in [0.29, 0.717) is 6.04 Å². The molecule has 27 heavy (non-hydrogen) atoms. The van der Waals surface area contributed by atoms with Gasteiger partial charge in [0.1, 0.15) is 0 Å². The summed E-state index contributed by atoms with van der Waals surface area (Å²) >= 11 is 0. The molecule has 0 spiro atoms. The van der Waals surface area contributed by atoms with Crippen molar-refractivity contribution < 1.29 is 0 Å². The second-order valence-corrected chi connectivity index (χ2v) is 8.75. The fourth-order valence-corrected chi connectivity index (χ4v) is 4.52.